The third-order valence-corrected chi connectivity index (χ3v) is 4.38. The van der Waals surface area contributed by atoms with Gasteiger partial charge in [-0.1, -0.05) is 41.9 Å². The van der Waals surface area contributed by atoms with E-state index in [0.29, 0.717) is 10.6 Å². The normalized spacial score (nSPS) is 11.9. The smallest absolute Gasteiger partial charge is 0.242 e. The zero-order chi connectivity index (χ0) is 20.0. The van der Waals surface area contributed by atoms with Crippen molar-refractivity contribution < 1.29 is 14.0 Å². The summed E-state index contributed by atoms with van der Waals surface area (Å²) in [4.78, 5) is 26.8. The topological polar surface area (TPSA) is 49.4 Å². The lowest BCUT2D eigenvalue weighted by molar-refractivity contribution is -0.140. The predicted octanol–water partition coefficient (Wildman–Crippen LogP) is 3.96. The lowest BCUT2D eigenvalue weighted by Gasteiger charge is -2.29. The SMILES string of the molecule is CC(C)NC(=O)[C@@H](C)N(Cc1ccccc1F)C(=O)Cc1cccc(Cl)c1. The number of nitrogens with zero attached hydrogens (tertiary/aromatic N) is 1. The monoisotopic (exact) mass is 390 g/mol. The zero-order valence-electron chi connectivity index (χ0n) is 15.7. The van der Waals surface area contributed by atoms with Gasteiger partial charge in [0.1, 0.15) is 11.9 Å². The van der Waals surface area contributed by atoms with Crippen LogP contribution < -0.4 is 5.32 Å². The van der Waals surface area contributed by atoms with Crippen LogP contribution in [0.4, 0.5) is 4.39 Å². The first-order valence-corrected chi connectivity index (χ1v) is 9.23. The highest BCUT2D eigenvalue weighted by Gasteiger charge is 2.27. The standard InChI is InChI=1S/C21H24ClFN2O2/c1-14(2)24-21(27)15(3)25(13-17-8-4-5-10-19(17)23)20(26)12-16-7-6-9-18(22)11-16/h4-11,14-15H,12-13H2,1-3H3,(H,24,27)/t15-/m1/s1. The van der Waals surface area contributed by atoms with E-state index < -0.39 is 11.9 Å². The maximum absolute atomic E-state index is 14.1. The second-order valence-electron chi connectivity index (χ2n) is 6.76. The summed E-state index contributed by atoms with van der Waals surface area (Å²) in [5, 5.41) is 3.34. The van der Waals surface area contributed by atoms with Gasteiger partial charge in [0.15, 0.2) is 0 Å². The minimum atomic E-state index is -0.737. The van der Waals surface area contributed by atoms with Crippen molar-refractivity contribution in [2.24, 2.45) is 0 Å². The van der Waals surface area contributed by atoms with E-state index in [9.17, 15) is 14.0 Å². The minimum absolute atomic E-state index is 0.0127. The van der Waals surface area contributed by atoms with Gasteiger partial charge in [-0.3, -0.25) is 9.59 Å². The van der Waals surface area contributed by atoms with Crippen molar-refractivity contribution in [1.29, 1.82) is 0 Å². The molecule has 6 heteroatoms. The first-order chi connectivity index (χ1) is 12.8. The number of carbonyl (C=O) groups excluding carboxylic acids is 2. The molecule has 0 bridgehead atoms. The summed E-state index contributed by atoms with van der Waals surface area (Å²) < 4.78 is 14.1. The molecule has 144 valence electrons. The number of benzene rings is 2. The molecule has 2 amide bonds. The third-order valence-electron chi connectivity index (χ3n) is 4.14. The van der Waals surface area contributed by atoms with E-state index in [2.05, 4.69) is 5.32 Å². The van der Waals surface area contributed by atoms with Gasteiger partial charge in [0.05, 0.1) is 6.42 Å². The highest BCUT2D eigenvalue weighted by Crippen LogP contribution is 2.16. The lowest BCUT2D eigenvalue weighted by atomic mass is 10.1. The Morgan fingerprint density at radius 3 is 2.44 bits per heavy atom. The molecule has 0 radical (unpaired) electrons. The Kier molecular flexibility index (Phi) is 7.36. The molecule has 1 atom stereocenters. The number of hydrogen-bond acceptors (Lipinski definition) is 2. The molecule has 1 N–H and O–H groups in total. The molecule has 0 spiro atoms. The molecule has 0 heterocycles. The summed E-state index contributed by atoms with van der Waals surface area (Å²) in [7, 11) is 0. The van der Waals surface area contributed by atoms with Crippen LogP contribution in [0.5, 0.6) is 0 Å². The maximum atomic E-state index is 14.1. The van der Waals surface area contributed by atoms with E-state index in [-0.39, 0.29) is 30.8 Å². The fourth-order valence-corrected chi connectivity index (χ4v) is 2.93. The van der Waals surface area contributed by atoms with Gasteiger partial charge in [0, 0.05) is 23.2 Å². The highest BCUT2D eigenvalue weighted by atomic mass is 35.5. The second kappa shape index (κ2) is 9.51. The lowest BCUT2D eigenvalue weighted by Crippen LogP contribution is -2.49. The number of rotatable bonds is 7. The molecule has 2 aromatic rings. The molecule has 4 nitrogen and oxygen atoms in total. The number of nitrogens with one attached hydrogen (secondary N) is 1. The Balaban J connectivity index is 2.26. The molecule has 0 aromatic heterocycles. The Bertz CT molecular complexity index is 810. The number of halogens is 2. The van der Waals surface area contributed by atoms with E-state index >= 15 is 0 Å². The largest absolute Gasteiger partial charge is 0.352 e. The van der Waals surface area contributed by atoms with Crippen LogP contribution in [0, 0.1) is 5.82 Å². The van der Waals surface area contributed by atoms with Gasteiger partial charge in [-0.15, -0.1) is 0 Å². The Morgan fingerprint density at radius 2 is 1.81 bits per heavy atom. The quantitative estimate of drug-likeness (QED) is 0.777. The van der Waals surface area contributed by atoms with Crippen molar-refractivity contribution >= 4 is 23.4 Å². The Hall–Kier alpha value is -2.40. The Morgan fingerprint density at radius 1 is 1.11 bits per heavy atom. The van der Waals surface area contributed by atoms with E-state index in [1.807, 2.05) is 13.8 Å². The molecule has 0 saturated heterocycles. The summed E-state index contributed by atoms with van der Waals surface area (Å²) in [5.74, 6) is -0.956. The summed E-state index contributed by atoms with van der Waals surface area (Å²) in [6.45, 7) is 5.35. The van der Waals surface area contributed by atoms with Crippen molar-refractivity contribution in [2.75, 3.05) is 0 Å². The first-order valence-electron chi connectivity index (χ1n) is 8.85. The predicted molar refractivity (Wildman–Crippen MR) is 105 cm³/mol. The van der Waals surface area contributed by atoms with Crippen LogP contribution in [0.2, 0.25) is 5.02 Å². The van der Waals surface area contributed by atoms with Crippen LogP contribution in [0.15, 0.2) is 48.5 Å². The summed E-state index contributed by atoms with van der Waals surface area (Å²) in [5.41, 5.74) is 1.10. The van der Waals surface area contributed by atoms with Gasteiger partial charge in [0.25, 0.3) is 0 Å². The van der Waals surface area contributed by atoms with Crippen LogP contribution in [0.1, 0.15) is 31.9 Å². The summed E-state index contributed by atoms with van der Waals surface area (Å²) in [6, 6.07) is 12.5. The summed E-state index contributed by atoms with van der Waals surface area (Å²) >= 11 is 5.99. The Labute approximate surface area is 164 Å². The van der Waals surface area contributed by atoms with Crippen molar-refractivity contribution in [3.63, 3.8) is 0 Å². The van der Waals surface area contributed by atoms with Crippen LogP contribution in [-0.4, -0.2) is 28.8 Å². The van der Waals surface area contributed by atoms with Crippen LogP contribution in [-0.2, 0) is 22.6 Å². The van der Waals surface area contributed by atoms with Crippen LogP contribution in [0.3, 0.4) is 0 Å². The molecule has 0 fully saturated rings. The van der Waals surface area contributed by atoms with E-state index in [1.54, 1.807) is 49.4 Å². The average Bonchev–Trinajstić information content (AvgIpc) is 2.59. The van der Waals surface area contributed by atoms with Crippen molar-refractivity contribution in [3.05, 3.63) is 70.5 Å². The van der Waals surface area contributed by atoms with Gasteiger partial charge >= 0.3 is 0 Å². The van der Waals surface area contributed by atoms with Gasteiger partial charge in [0.2, 0.25) is 11.8 Å². The van der Waals surface area contributed by atoms with E-state index in [0.717, 1.165) is 5.56 Å². The molecular formula is C21H24ClFN2O2. The maximum Gasteiger partial charge on any atom is 0.242 e. The molecular weight excluding hydrogens is 367 g/mol. The molecule has 0 aliphatic carbocycles. The van der Waals surface area contributed by atoms with Gasteiger partial charge in [-0.2, -0.15) is 0 Å². The van der Waals surface area contributed by atoms with E-state index in [1.165, 1.54) is 11.0 Å². The number of carbonyl (C=O) groups is 2. The molecule has 0 aliphatic rings. The molecule has 0 unspecified atom stereocenters. The highest BCUT2D eigenvalue weighted by molar-refractivity contribution is 6.30. The molecule has 2 aromatic carbocycles. The molecule has 0 aliphatic heterocycles. The molecule has 0 saturated carbocycles. The fourth-order valence-electron chi connectivity index (χ4n) is 2.72. The van der Waals surface area contributed by atoms with Gasteiger partial charge in [-0.05, 0) is 44.5 Å². The summed E-state index contributed by atoms with van der Waals surface area (Å²) in [6.07, 6.45) is 0.0777. The zero-order valence-corrected chi connectivity index (χ0v) is 16.5. The van der Waals surface area contributed by atoms with Crippen molar-refractivity contribution in [2.45, 2.75) is 45.8 Å². The van der Waals surface area contributed by atoms with Crippen LogP contribution >= 0.6 is 11.6 Å². The second-order valence-corrected chi connectivity index (χ2v) is 7.20. The number of hydrogen-bond donors (Lipinski definition) is 1. The van der Waals surface area contributed by atoms with Crippen molar-refractivity contribution in [3.8, 4) is 0 Å². The molecule has 27 heavy (non-hydrogen) atoms. The van der Waals surface area contributed by atoms with Gasteiger partial charge in [-0.25, -0.2) is 4.39 Å². The third kappa shape index (κ3) is 6.07. The first kappa shape index (κ1) is 20.9. The average molecular weight is 391 g/mol. The van der Waals surface area contributed by atoms with E-state index in [4.69, 9.17) is 11.6 Å². The minimum Gasteiger partial charge on any atom is -0.352 e. The van der Waals surface area contributed by atoms with Gasteiger partial charge < -0.3 is 10.2 Å². The molecule has 2 rings (SSSR count). The fraction of sp³-hybridized carbons (Fsp3) is 0.333. The number of amides is 2. The van der Waals surface area contributed by atoms with Crippen LogP contribution in [0.25, 0.3) is 0 Å². The van der Waals surface area contributed by atoms with Crippen molar-refractivity contribution in [1.82, 2.24) is 10.2 Å².